The van der Waals surface area contributed by atoms with E-state index in [0.717, 1.165) is 0 Å². The molecule has 0 bridgehead atoms. The van der Waals surface area contributed by atoms with Gasteiger partial charge in [0, 0.05) is 0 Å². The molecular formula is C5H8F2O. The lowest BCUT2D eigenvalue weighted by Crippen LogP contribution is -2.07. The SMILES string of the molecule is CC(F)C1OC1CF. The Labute approximate surface area is 46.6 Å². The molecule has 1 aliphatic heterocycles. The average Bonchev–Trinajstić information content (AvgIpc) is 2.42. The van der Waals surface area contributed by atoms with Crippen LogP contribution >= 0.6 is 0 Å². The van der Waals surface area contributed by atoms with E-state index in [0.29, 0.717) is 0 Å². The summed E-state index contributed by atoms with van der Waals surface area (Å²) in [5, 5.41) is 0. The lowest BCUT2D eigenvalue weighted by molar-refractivity contribution is 0.259. The van der Waals surface area contributed by atoms with E-state index in [1.807, 2.05) is 0 Å². The van der Waals surface area contributed by atoms with Crippen molar-refractivity contribution < 1.29 is 13.5 Å². The molecule has 3 atom stereocenters. The summed E-state index contributed by atoms with van der Waals surface area (Å²) in [7, 11) is 0. The highest BCUT2D eigenvalue weighted by Gasteiger charge is 2.43. The Hall–Kier alpha value is -0.180. The van der Waals surface area contributed by atoms with Crippen LogP contribution in [0, 0.1) is 0 Å². The molecule has 1 nitrogen and oxygen atoms in total. The topological polar surface area (TPSA) is 12.5 Å². The van der Waals surface area contributed by atoms with Crippen molar-refractivity contribution in [1.29, 1.82) is 0 Å². The third-order valence-corrected chi connectivity index (χ3v) is 1.23. The summed E-state index contributed by atoms with van der Waals surface area (Å²) in [6.07, 6.45) is -1.93. The highest BCUT2D eigenvalue weighted by molar-refractivity contribution is 4.88. The van der Waals surface area contributed by atoms with Crippen molar-refractivity contribution in [3.63, 3.8) is 0 Å². The Kier molecular flexibility index (Phi) is 1.47. The molecule has 0 aromatic carbocycles. The van der Waals surface area contributed by atoms with Gasteiger partial charge in [-0.2, -0.15) is 0 Å². The normalized spacial score (nSPS) is 39.4. The molecule has 3 heteroatoms. The molecule has 0 amide bonds. The summed E-state index contributed by atoms with van der Waals surface area (Å²) < 4.78 is 28.1. The van der Waals surface area contributed by atoms with E-state index in [9.17, 15) is 8.78 Å². The predicted molar refractivity (Wildman–Crippen MR) is 25.2 cm³/mol. The molecular weight excluding hydrogens is 114 g/mol. The van der Waals surface area contributed by atoms with Crippen LogP contribution in [-0.2, 0) is 4.74 Å². The van der Waals surface area contributed by atoms with Crippen molar-refractivity contribution in [2.75, 3.05) is 6.67 Å². The molecule has 8 heavy (non-hydrogen) atoms. The van der Waals surface area contributed by atoms with Gasteiger partial charge in [0.05, 0.1) is 0 Å². The summed E-state index contributed by atoms with van der Waals surface area (Å²) >= 11 is 0. The minimum atomic E-state index is -1.02. The van der Waals surface area contributed by atoms with Gasteiger partial charge in [-0.05, 0) is 6.92 Å². The minimum absolute atomic E-state index is 0.449. The van der Waals surface area contributed by atoms with Gasteiger partial charge in [0.1, 0.15) is 25.1 Å². The fourth-order valence-electron chi connectivity index (χ4n) is 0.685. The fourth-order valence-corrected chi connectivity index (χ4v) is 0.685. The van der Waals surface area contributed by atoms with Crippen LogP contribution in [0.2, 0.25) is 0 Å². The highest BCUT2D eigenvalue weighted by atomic mass is 19.1. The van der Waals surface area contributed by atoms with Crippen molar-refractivity contribution in [2.45, 2.75) is 25.3 Å². The van der Waals surface area contributed by atoms with Gasteiger partial charge in [-0.1, -0.05) is 0 Å². The molecule has 3 unspecified atom stereocenters. The van der Waals surface area contributed by atoms with Gasteiger partial charge in [-0.15, -0.1) is 0 Å². The fraction of sp³-hybridized carbons (Fsp3) is 1.00. The Bertz CT molecular complexity index is 84.5. The first-order valence-corrected chi connectivity index (χ1v) is 2.61. The number of ether oxygens (including phenoxy) is 1. The second-order valence-electron chi connectivity index (χ2n) is 1.97. The van der Waals surface area contributed by atoms with Crippen LogP contribution in [0.25, 0.3) is 0 Å². The summed E-state index contributed by atoms with van der Waals surface area (Å²) in [6.45, 7) is 0.819. The van der Waals surface area contributed by atoms with Crippen LogP contribution in [0.15, 0.2) is 0 Å². The molecule has 1 heterocycles. The summed E-state index contributed by atoms with van der Waals surface area (Å²) in [5.41, 5.74) is 0. The molecule has 48 valence electrons. The predicted octanol–water partition coefficient (Wildman–Crippen LogP) is 1.08. The monoisotopic (exact) mass is 122 g/mol. The molecule has 0 aromatic rings. The second-order valence-corrected chi connectivity index (χ2v) is 1.97. The van der Waals surface area contributed by atoms with E-state index < -0.39 is 25.1 Å². The maximum Gasteiger partial charge on any atom is 0.126 e. The van der Waals surface area contributed by atoms with E-state index >= 15 is 0 Å². The smallest absolute Gasteiger partial charge is 0.126 e. The van der Waals surface area contributed by atoms with Crippen LogP contribution in [0.1, 0.15) is 6.92 Å². The number of alkyl halides is 2. The van der Waals surface area contributed by atoms with E-state index in [4.69, 9.17) is 0 Å². The Morgan fingerprint density at radius 3 is 2.50 bits per heavy atom. The van der Waals surface area contributed by atoms with Gasteiger partial charge in [-0.25, -0.2) is 8.78 Å². The Morgan fingerprint density at radius 1 is 1.75 bits per heavy atom. The minimum Gasteiger partial charge on any atom is -0.364 e. The standard InChI is InChI=1S/C5H8F2O/c1-3(7)5-4(2-6)8-5/h3-5H,2H2,1H3. The van der Waals surface area contributed by atoms with Gasteiger partial charge in [0.2, 0.25) is 0 Å². The molecule has 1 aliphatic rings. The first-order chi connectivity index (χ1) is 3.75. The first kappa shape index (κ1) is 5.95. The third-order valence-electron chi connectivity index (χ3n) is 1.23. The van der Waals surface area contributed by atoms with E-state index in [1.165, 1.54) is 6.92 Å². The number of epoxide rings is 1. The van der Waals surface area contributed by atoms with Crippen LogP contribution in [-0.4, -0.2) is 25.1 Å². The number of hydrogen-bond acceptors (Lipinski definition) is 1. The molecule has 1 rings (SSSR count). The summed E-state index contributed by atoms with van der Waals surface area (Å²) in [5.74, 6) is 0. The molecule has 1 fully saturated rings. The van der Waals surface area contributed by atoms with Crippen LogP contribution < -0.4 is 0 Å². The zero-order chi connectivity index (χ0) is 6.15. The molecule has 0 aromatic heterocycles. The number of rotatable bonds is 2. The summed E-state index contributed by atoms with van der Waals surface area (Å²) in [4.78, 5) is 0. The van der Waals surface area contributed by atoms with Gasteiger partial charge in [-0.3, -0.25) is 0 Å². The lowest BCUT2D eigenvalue weighted by Gasteiger charge is -1.88. The zero-order valence-electron chi connectivity index (χ0n) is 4.60. The number of halogens is 2. The first-order valence-electron chi connectivity index (χ1n) is 2.61. The van der Waals surface area contributed by atoms with Gasteiger partial charge in [0.25, 0.3) is 0 Å². The number of hydrogen-bond donors (Lipinski definition) is 0. The molecule has 0 aliphatic carbocycles. The molecule has 1 saturated heterocycles. The lowest BCUT2D eigenvalue weighted by atomic mass is 10.2. The molecule has 0 N–H and O–H groups in total. The van der Waals surface area contributed by atoms with Gasteiger partial charge >= 0.3 is 0 Å². The average molecular weight is 122 g/mol. The Morgan fingerprint density at radius 2 is 2.38 bits per heavy atom. The maximum atomic E-state index is 12.0. The van der Waals surface area contributed by atoms with Crippen molar-refractivity contribution in [3.05, 3.63) is 0 Å². The molecule has 0 spiro atoms. The third kappa shape index (κ3) is 0.968. The van der Waals surface area contributed by atoms with Gasteiger partial charge < -0.3 is 4.74 Å². The zero-order valence-corrected chi connectivity index (χ0v) is 4.60. The van der Waals surface area contributed by atoms with Crippen molar-refractivity contribution in [1.82, 2.24) is 0 Å². The quantitative estimate of drug-likeness (QED) is 0.499. The van der Waals surface area contributed by atoms with Crippen molar-refractivity contribution >= 4 is 0 Å². The van der Waals surface area contributed by atoms with E-state index in [1.54, 1.807) is 0 Å². The van der Waals surface area contributed by atoms with E-state index in [2.05, 4.69) is 4.74 Å². The van der Waals surface area contributed by atoms with Crippen LogP contribution in [0.3, 0.4) is 0 Å². The van der Waals surface area contributed by atoms with Crippen LogP contribution in [0.5, 0.6) is 0 Å². The van der Waals surface area contributed by atoms with Crippen LogP contribution in [0.4, 0.5) is 8.78 Å². The van der Waals surface area contributed by atoms with E-state index in [-0.39, 0.29) is 0 Å². The largest absolute Gasteiger partial charge is 0.364 e. The van der Waals surface area contributed by atoms with Gasteiger partial charge in [0.15, 0.2) is 0 Å². The maximum absolute atomic E-state index is 12.0. The highest BCUT2D eigenvalue weighted by Crippen LogP contribution is 2.26. The molecule has 0 radical (unpaired) electrons. The van der Waals surface area contributed by atoms with Crippen molar-refractivity contribution in [3.8, 4) is 0 Å². The summed E-state index contributed by atoms with van der Waals surface area (Å²) in [6, 6.07) is 0. The Balaban J connectivity index is 2.16. The van der Waals surface area contributed by atoms with Crippen molar-refractivity contribution in [2.24, 2.45) is 0 Å². The second kappa shape index (κ2) is 1.97. The molecule has 0 saturated carbocycles.